The Kier molecular flexibility index (Phi) is 6.79. The zero-order valence-corrected chi connectivity index (χ0v) is 19.4. The molecule has 12 heteroatoms. The van der Waals surface area contributed by atoms with E-state index in [-0.39, 0.29) is 12.5 Å². The van der Waals surface area contributed by atoms with Crippen molar-refractivity contribution in [2.75, 3.05) is 23.8 Å². The second kappa shape index (κ2) is 10.5. The Morgan fingerprint density at radius 1 is 0.919 bits per heavy atom. The molecular formula is C25H21F3N8O. The molecule has 0 fully saturated rings. The van der Waals surface area contributed by atoms with Crippen LogP contribution in [0.1, 0.15) is 11.1 Å². The van der Waals surface area contributed by atoms with Gasteiger partial charge in [-0.3, -0.25) is 0 Å². The lowest BCUT2D eigenvalue weighted by Gasteiger charge is -2.12. The number of para-hydroxylation sites is 1. The fraction of sp³-hybridized carbons (Fsp3) is 0.160. The first kappa shape index (κ1) is 24.0. The summed E-state index contributed by atoms with van der Waals surface area (Å²) in [7, 11) is 0. The van der Waals surface area contributed by atoms with Crippen LogP contribution in [0.4, 0.5) is 30.8 Å². The molecule has 0 unspecified atom stereocenters. The van der Waals surface area contributed by atoms with Crippen LogP contribution in [-0.4, -0.2) is 42.6 Å². The number of hydrogen-bond acceptors (Lipinski definition) is 8. The van der Waals surface area contributed by atoms with Gasteiger partial charge in [-0.1, -0.05) is 30.3 Å². The average molecular weight is 506 g/mol. The van der Waals surface area contributed by atoms with Gasteiger partial charge < -0.3 is 19.9 Å². The van der Waals surface area contributed by atoms with E-state index in [2.05, 4.69) is 35.6 Å². The van der Waals surface area contributed by atoms with Crippen molar-refractivity contribution in [2.45, 2.75) is 12.7 Å². The standard InChI is InChI=1S/C25H21F3N8O/c26-25(27,28)18-8-6-17(7-9-18)14-36-16-32-21-22(30-12-13-37-19-4-2-1-3-5-19)34-24(35-23(21)36)33-20-10-11-29-15-31-20/h1-11,15-16H,12-14H2,(H2,29,30,31,33,34,35). The number of fused-ring (bicyclic) bond motifs is 1. The predicted molar refractivity (Wildman–Crippen MR) is 132 cm³/mol. The van der Waals surface area contributed by atoms with E-state index in [0.717, 1.165) is 17.9 Å². The van der Waals surface area contributed by atoms with Crippen molar-refractivity contribution in [3.05, 3.63) is 90.6 Å². The molecular weight excluding hydrogens is 485 g/mol. The average Bonchev–Trinajstić information content (AvgIpc) is 3.30. The Hall–Kier alpha value is -4.74. The quantitative estimate of drug-likeness (QED) is 0.272. The van der Waals surface area contributed by atoms with Crippen LogP contribution in [0, 0.1) is 0 Å². The Bertz CT molecular complexity index is 1460. The molecule has 3 heterocycles. The van der Waals surface area contributed by atoms with Gasteiger partial charge in [0.2, 0.25) is 5.95 Å². The summed E-state index contributed by atoms with van der Waals surface area (Å²) in [6.07, 6.45) is 0.176. The van der Waals surface area contributed by atoms with Crippen LogP contribution in [0.2, 0.25) is 0 Å². The van der Waals surface area contributed by atoms with E-state index in [1.165, 1.54) is 18.5 Å². The summed E-state index contributed by atoms with van der Waals surface area (Å²) in [5, 5.41) is 6.28. The Balaban J connectivity index is 1.39. The van der Waals surface area contributed by atoms with Crippen molar-refractivity contribution < 1.29 is 17.9 Å². The minimum Gasteiger partial charge on any atom is -0.492 e. The van der Waals surface area contributed by atoms with Crippen LogP contribution in [0.3, 0.4) is 0 Å². The fourth-order valence-corrected chi connectivity index (χ4v) is 3.57. The first-order valence-corrected chi connectivity index (χ1v) is 11.3. The number of halogens is 3. The highest BCUT2D eigenvalue weighted by molar-refractivity contribution is 5.84. The van der Waals surface area contributed by atoms with Gasteiger partial charge in [0.15, 0.2) is 17.0 Å². The monoisotopic (exact) mass is 506 g/mol. The molecule has 3 aromatic heterocycles. The third kappa shape index (κ3) is 5.92. The highest BCUT2D eigenvalue weighted by Crippen LogP contribution is 2.29. The van der Waals surface area contributed by atoms with Gasteiger partial charge in [-0.15, -0.1) is 0 Å². The first-order chi connectivity index (χ1) is 18.0. The van der Waals surface area contributed by atoms with E-state index in [0.29, 0.717) is 41.5 Å². The van der Waals surface area contributed by atoms with E-state index in [4.69, 9.17) is 4.74 Å². The predicted octanol–water partition coefficient (Wildman–Crippen LogP) is 4.92. The molecule has 0 amide bonds. The molecule has 0 bridgehead atoms. The Labute approximate surface area is 209 Å². The zero-order valence-electron chi connectivity index (χ0n) is 19.4. The minimum atomic E-state index is -4.39. The van der Waals surface area contributed by atoms with Gasteiger partial charge in [-0.25, -0.2) is 15.0 Å². The molecule has 2 aromatic carbocycles. The zero-order chi connectivity index (χ0) is 25.7. The summed E-state index contributed by atoms with van der Waals surface area (Å²) < 4.78 is 46.3. The number of nitrogens with zero attached hydrogens (tertiary/aromatic N) is 6. The van der Waals surface area contributed by atoms with Gasteiger partial charge in [-0.2, -0.15) is 23.1 Å². The summed E-state index contributed by atoms with van der Waals surface area (Å²) in [4.78, 5) is 21.6. The maximum atomic E-state index is 12.9. The minimum absolute atomic E-state index is 0.270. The van der Waals surface area contributed by atoms with E-state index in [9.17, 15) is 13.2 Å². The molecule has 5 rings (SSSR count). The Morgan fingerprint density at radius 2 is 1.73 bits per heavy atom. The summed E-state index contributed by atoms with van der Waals surface area (Å²) in [5.41, 5.74) is 0.981. The highest BCUT2D eigenvalue weighted by Gasteiger charge is 2.30. The topological polar surface area (TPSA) is 103 Å². The molecule has 37 heavy (non-hydrogen) atoms. The third-order valence-corrected chi connectivity index (χ3v) is 5.33. The highest BCUT2D eigenvalue weighted by atomic mass is 19.4. The number of anilines is 3. The maximum Gasteiger partial charge on any atom is 0.416 e. The molecule has 2 N–H and O–H groups in total. The van der Waals surface area contributed by atoms with Gasteiger partial charge >= 0.3 is 6.18 Å². The van der Waals surface area contributed by atoms with Crippen molar-refractivity contribution in [3.8, 4) is 5.75 Å². The molecule has 0 aliphatic rings. The van der Waals surface area contributed by atoms with Gasteiger partial charge in [-0.05, 0) is 35.9 Å². The van der Waals surface area contributed by atoms with Crippen LogP contribution in [0.15, 0.2) is 79.5 Å². The van der Waals surface area contributed by atoms with Crippen molar-refractivity contribution in [1.82, 2.24) is 29.5 Å². The van der Waals surface area contributed by atoms with Crippen LogP contribution < -0.4 is 15.4 Å². The van der Waals surface area contributed by atoms with Crippen LogP contribution in [0.5, 0.6) is 5.75 Å². The Morgan fingerprint density at radius 3 is 2.46 bits per heavy atom. The van der Waals surface area contributed by atoms with Gasteiger partial charge in [0, 0.05) is 6.20 Å². The third-order valence-electron chi connectivity index (χ3n) is 5.33. The lowest BCUT2D eigenvalue weighted by atomic mass is 10.1. The normalized spacial score (nSPS) is 11.4. The summed E-state index contributed by atoms with van der Waals surface area (Å²) in [6, 6.07) is 16.1. The van der Waals surface area contributed by atoms with E-state index >= 15 is 0 Å². The number of alkyl halides is 3. The van der Waals surface area contributed by atoms with Crippen molar-refractivity contribution >= 4 is 28.7 Å². The molecule has 9 nitrogen and oxygen atoms in total. The fourth-order valence-electron chi connectivity index (χ4n) is 3.57. The number of imidazole rings is 1. The number of aromatic nitrogens is 6. The van der Waals surface area contributed by atoms with E-state index < -0.39 is 11.7 Å². The van der Waals surface area contributed by atoms with Crippen molar-refractivity contribution in [1.29, 1.82) is 0 Å². The second-order valence-corrected chi connectivity index (χ2v) is 7.94. The summed E-state index contributed by atoms with van der Waals surface area (Å²) in [5.74, 6) is 2.00. The van der Waals surface area contributed by atoms with Crippen LogP contribution in [-0.2, 0) is 12.7 Å². The van der Waals surface area contributed by atoms with Gasteiger partial charge in [0.05, 0.1) is 25.0 Å². The number of ether oxygens (including phenoxy) is 1. The molecule has 5 aromatic rings. The number of rotatable bonds is 9. The maximum absolute atomic E-state index is 12.9. The SMILES string of the molecule is FC(F)(F)c1ccc(Cn2cnc3c(NCCOc4ccccc4)nc(Nc4ccncn4)nc32)cc1. The number of benzene rings is 2. The molecule has 0 spiro atoms. The smallest absolute Gasteiger partial charge is 0.416 e. The largest absolute Gasteiger partial charge is 0.492 e. The summed E-state index contributed by atoms with van der Waals surface area (Å²) in [6.45, 7) is 1.10. The van der Waals surface area contributed by atoms with Crippen LogP contribution in [0.25, 0.3) is 11.2 Å². The van der Waals surface area contributed by atoms with E-state index in [1.54, 1.807) is 23.2 Å². The van der Waals surface area contributed by atoms with Gasteiger partial charge in [0.25, 0.3) is 0 Å². The van der Waals surface area contributed by atoms with Crippen molar-refractivity contribution in [3.63, 3.8) is 0 Å². The molecule has 0 saturated carbocycles. The molecule has 0 aliphatic carbocycles. The summed E-state index contributed by atoms with van der Waals surface area (Å²) >= 11 is 0. The van der Waals surface area contributed by atoms with E-state index in [1.807, 2.05) is 30.3 Å². The lowest BCUT2D eigenvalue weighted by molar-refractivity contribution is -0.137. The second-order valence-electron chi connectivity index (χ2n) is 7.94. The molecule has 0 saturated heterocycles. The molecule has 0 aliphatic heterocycles. The van der Waals surface area contributed by atoms with Gasteiger partial charge in [0.1, 0.15) is 24.5 Å². The van der Waals surface area contributed by atoms with Crippen molar-refractivity contribution in [2.24, 2.45) is 0 Å². The lowest BCUT2D eigenvalue weighted by Crippen LogP contribution is -2.14. The number of nitrogens with one attached hydrogen (secondary N) is 2. The molecule has 188 valence electrons. The molecule has 0 radical (unpaired) electrons. The van der Waals surface area contributed by atoms with Crippen LogP contribution >= 0.6 is 0 Å². The number of hydrogen-bond donors (Lipinski definition) is 2. The molecule has 0 atom stereocenters. The first-order valence-electron chi connectivity index (χ1n) is 11.3.